The number of hydrogen-bond donors (Lipinski definition) is 2. The zero-order chi connectivity index (χ0) is 23.1. The van der Waals surface area contributed by atoms with Crippen LogP contribution in [0, 0.1) is 0 Å². The van der Waals surface area contributed by atoms with Gasteiger partial charge in [-0.3, -0.25) is 0 Å². The van der Waals surface area contributed by atoms with Crippen LogP contribution in [0.3, 0.4) is 0 Å². The lowest BCUT2D eigenvalue weighted by molar-refractivity contribution is 0.0656. The molecular formula is C28H36O3Si. The first-order valence-electron chi connectivity index (χ1n) is 11.4. The van der Waals surface area contributed by atoms with Gasteiger partial charge in [-0.2, -0.15) is 0 Å². The lowest BCUT2D eigenvalue weighted by atomic mass is 9.94. The van der Waals surface area contributed by atoms with Crippen LogP contribution in [0.4, 0.5) is 0 Å². The molecule has 0 saturated carbocycles. The molecule has 4 heteroatoms. The Hall–Kier alpha value is -2.24. The van der Waals surface area contributed by atoms with Crippen molar-refractivity contribution in [2.45, 2.75) is 51.1 Å². The molecule has 3 rings (SSSR count). The largest absolute Gasteiger partial charge is 0.392 e. The van der Waals surface area contributed by atoms with E-state index in [1.54, 1.807) is 7.11 Å². The average Bonchev–Trinajstić information content (AvgIpc) is 2.81. The number of hydrogen-bond acceptors (Lipinski definition) is 3. The van der Waals surface area contributed by atoms with Gasteiger partial charge in [-0.1, -0.05) is 96.7 Å². The third kappa shape index (κ3) is 5.57. The molecule has 0 aliphatic carbocycles. The summed E-state index contributed by atoms with van der Waals surface area (Å²) in [5.41, 5.74) is 3.52. The van der Waals surface area contributed by atoms with Crippen LogP contribution in [0.1, 0.15) is 24.5 Å². The summed E-state index contributed by atoms with van der Waals surface area (Å²) in [6, 6.07) is 23.1. The number of fused-ring (bicyclic) bond motifs is 1. The molecule has 0 amide bonds. The fraction of sp³-hybridized carbons (Fsp3) is 0.357. The minimum Gasteiger partial charge on any atom is -0.392 e. The van der Waals surface area contributed by atoms with E-state index in [0.717, 1.165) is 18.4 Å². The van der Waals surface area contributed by atoms with Gasteiger partial charge in [0.2, 0.25) is 0 Å². The molecule has 0 aliphatic rings. The van der Waals surface area contributed by atoms with E-state index in [2.05, 4.69) is 74.6 Å². The van der Waals surface area contributed by atoms with E-state index in [-0.39, 0.29) is 12.1 Å². The predicted octanol–water partition coefficient (Wildman–Crippen LogP) is 5.20. The first-order valence-corrected chi connectivity index (χ1v) is 14.5. The zero-order valence-corrected chi connectivity index (χ0v) is 20.7. The van der Waals surface area contributed by atoms with Crippen molar-refractivity contribution in [3.05, 3.63) is 89.5 Å². The van der Waals surface area contributed by atoms with Gasteiger partial charge in [-0.05, 0) is 41.7 Å². The second-order valence-corrected chi connectivity index (χ2v) is 13.9. The Morgan fingerprint density at radius 1 is 1.00 bits per heavy atom. The molecule has 2 atom stereocenters. The molecule has 3 nitrogen and oxygen atoms in total. The van der Waals surface area contributed by atoms with Crippen molar-refractivity contribution in [3.63, 3.8) is 0 Å². The Bertz CT molecular complexity index is 1040. The number of benzene rings is 3. The quantitative estimate of drug-likeness (QED) is 0.331. The highest BCUT2D eigenvalue weighted by molar-refractivity contribution is 6.91. The molecule has 0 fully saturated rings. The summed E-state index contributed by atoms with van der Waals surface area (Å²) < 4.78 is 5.32. The van der Waals surface area contributed by atoms with E-state index < -0.39 is 14.2 Å². The standard InChI is InChI=1S/C28H36O3Si/c1-21(14-17-26-23(19-29)16-15-22-10-8-9-13-25(22)26)18-28(27(30)20-31-2)32(3,4)24-11-6-5-7-12-24/h5-13,15-16,18,27-30H,14,17,19-20H2,1-4H3/b21-18+/t27-,28+/m0/s1. The highest BCUT2D eigenvalue weighted by Gasteiger charge is 2.37. The Morgan fingerprint density at radius 3 is 2.38 bits per heavy atom. The molecule has 170 valence electrons. The van der Waals surface area contributed by atoms with Gasteiger partial charge in [0.15, 0.2) is 0 Å². The first-order chi connectivity index (χ1) is 15.4. The Labute approximate surface area is 193 Å². The van der Waals surface area contributed by atoms with Crippen LogP contribution in [-0.2, 0) is 17.8 Å². The van der Waals surface area contributed by atoms with Crippen LogP contribution < -0.4 is 5.19 Å². The number of aliphatic hydroxyl groups excluding tert-OH is 2. The maximum Gasteiger partial charge on any atom is 0.0903 e. The molecule has 0 spiro atoms. The fourth-order valence-electron chi connectivity index (χ4n) is 4.67. The van der Waals surface area contributed by atoms with E-state index in [4.69, 9.17) is 4.74 Å². The van der Waals surface area contributed by atoms with Gasteiger partial charge >= 0.3 is 0 Å². The van der Waals surface area contributed by atoms with Crippen LogP contribution in [0.2, 0.25) is 18.6 Å². The van der Waals surface area contributed by atoms with Crippen LogP contribution in [0.5, 0.6) is 0 Å². The summed E-state index contributed by atoms with van der Waals surface area (Å²) in [5.74, 6) is 0. The van der Waals surface area contributed by atoms with E-state index in [1.165, 1.54) is 27.1 Å². The smallest absolute Gasteiger partial charge is 0.0903 e. The third-order valence-corrected chi connectivity index (χ3v) is 10.7. The predicted molar refractivity (Wildman–Crippen MR) is 137 cm³/mol. The number of aliphatic hydroxyl groups is 2. The van der Waals surface area contributed by atoms with Crippen LogP contribution in [-0.4, -0.2) is 38.1 Å². The molecule has 0 aromatic heterocycles. The van der Waals surface area contributed by atoms with Crippen molar-refractivity contribution in [2.75, 3.05) is 13.7 Å². The average molecular weight is 449 g/mol. The second-order valence-electron chi connectivity index (χ2n) is 9.23. The summed E-state index contributed by atoms with van der Waals surface area (Å²) in [5, 5.41) is 24.6. The van der Waals surface area contributed by atoms with Crippen molar-refractivity contribution in [1.82, 2.24) is 0 Å². The van der Waals surface area contributed by atoms with Gasteiger partial charge in [0.1, 0.15) is 0 Å². The van der Waals surface area contributed by atoms with Crippen molar-refractivity contribution < 1.29 is 14.9 Å². The van der Waals surface area contributed by atoms with Gasteiger partial charge in [0.05, 0.1) is 27.4 Å². The molecule has 2 N–H and O–H groups in total. The second kappa shape index (κ2) is 11.1. The Kier molecular flexibility index (Phi) is 8.43. The molecular weight excluding hydrogens is 412 g/mol. The molecule has 0 saturated heterocycles. The van der Waals surface area contributed by atoms with E-state index >= 15 is 0 Å². The highest BCUT2D eigenvalue weighted by atomic mass is 28.3. The molecule has 3 aromatic rings. The summed E-state index contributed by atoms with van der Waals surface area (Å²) >= 11 is 0. The van der Waals surface area contributed by atoms with Gasteiger partial charge in [-0.15, -0.1) is 0 Å². The van der Waals surface area contributed by atoms with Crippen molar-refractivity contribution >= 4 is 24.0 Å². The van der Waals surface area contributed by atoms with Gasteiger partial charge in [0.25, 0.3) is 0 Å². The fourth-order valence-corrected chi connectivity index (χ4v) is 7.87. The van der Waals surface area contributed by atoms with E-state index in [9.17, 15) is 10.2 Å². The van der Waals surface area contributed by atoms with Crippen LogP contribution in [0.15, 0.2) is 78.4 Å². The summed E-state index contributed by atoms with van der Waals surface area (Å²) in [6.07, 6.45) is 3.49. The maximum atomic E-state index is 11.0. The Balaban J connectivity index is 1.89. The normalized spacial score (nSPS) is 14.5. The number of allylic oxidation sites excluding steroid dienone is 1. The molecule has 0 radical (unpaired) electrons. The van der Waals surface area contributed by atoms with Crippen molar-refractivity contribution in [3.8, 4) is 0 Å². The SMILES string of the molecule is COC[C@H](O)[C@@H](/C=C(\C)CCc1c(CO)ccc2ccccc12)[Si](C)(C)c1ccccc1. The monoisotopic (exact) mass is 448 g/mol. The topological polar surface area (TPSA) is 49.7 Å². The van der Waals surface area contributed by atoms with E-state index in [0.29, 0.717) is 6.61 Å². The number of aryl methyl sites for hydroxylation is 1. The van der Waals surface area contributed by atoms with Crippen LogP contribution >= 0.6 is 0 Å². The first kappa shape index (κ1) is 24.4. The third-order valence-electron chi connectivity index (χ3n) is 6.64. The Morgan fingerprint density at radius 2 is 1.69 bits per heavy atom. The molecule has 0 bridgehead atoms. The highest BCUT2D eigenvalue weighted by Crippen LogP contribution is 2.31. The lowest BCUT2D eigenvalue weighted by Crippen LogP contribution is -2.50. The molecule has 0 unspecified atom stereocenters. The van der Waals surface area contributed by atoms with Crippen molar-refractivity contribution in [2.24, 2.45) is 0 Å². The summed E-state index contributed by atoms with van der Waals surface area (Å²) in [6.45, 7) is 7.18. The number of rotatable bonds is 10. The van der Waals surface area contributed by atoms with Crippen LogP contribution in [0.25, 0.3) is 10.8 Å². The van der Waals surface area contributed by atoms with Gasteiger partial charge in [-0.25, -0.2) is 0 Å². The van der Waals surface area contributed by atoms with E-state index in [1.807, 2.05) is 18.2 Å². The molecule has 0 aliphatic heterocycles. The van der Waals surface area contributed by atoms with Crippen molar-refractivity contribution in [1.29, 1.82) is 0 Å². The van der Waals surface area contributed by atoms with Gasteiger partial charge in [0, 0.05) is 12.7 Å². The molecule has 32 heavy (non-hydrogen) atoms. The minimum atomic E-state index is -1.99. The van der Waals surface area contributed by atoms with Gasteiger partial charge < -0.3 is 14.9 Å². The zero-order valence-electron chi connectivity index (χ0n) is 19.7. The number of methoxy groups -OCH3 is 1. The molecule has 3 aromatic carbocycles. The minimum absolute atomic E-state index is 0.0477. The lowest BCUT2D eigenvalue weighted by Gasteiger charge is -2.35. The maximum absolute atomic E-state index is 11.0. The summed E-state index contributed by atoms with van der Waals surface area (Å²) in [4.78, 5) is 0. The molecule has 0 heterocycles. The summed E-state index contributed by atoms with van der Waals surface area (Å²) in [7, 11) is -0.344. The number of ether oxygens (including phenoxy) is 1.